The van der Waals surface area contributed by atoms with Crippen molar-refractivity contribution in [3.63, 3.8) is 0 Å². The van der Waals surface area contributed by atoms with Gasteiger partial charge in [0, 0.05) is 18.4 Å². The molecule has 0 radical (unpaired) electrons. The summed E-state index contributed by atoms with van der Waals surface area (Å²) in [7, 11) is 0. The van der Waals surface area contributed by atoms with Gasteiger partial charge in [0.25, 0.3) is 5.91 Å². The molecule has 0 aliphatic carbocycles. The number of nitrogens with one attached hydrogen (secondary N) is 2. The standard InChI is InChI=1S/C19H19N3O3/c1-2-13-7-9-14(10-8-13)19(24)22-21-17(23)11-12-18-20-15-5-3-4-6-16(15)25-18/h3-10H,2,11-12H2,1H3,(H,21,23)(H,22,24). The highest BCUT2D eigenvalue weighted by Gasteiger charge is 2.10. The van der Waals surface area contributed by atoms with Crippen LogP contribution in [-0.4, -0.2) is 16.8 Å². The van der Waals surface area contributed by atoms with E-state index in [0.717, 1.165) is 17.5 Å². The van der Waals surface area contributed by atoms with Gasteiger partial charge in [-0.05, 0) is 36.2 Å². The van der Waals surface area contributed by atoms with Gasteiger partial charge in [-0.1, -0.05) is 31.2 Å². The van der Waals surface area contributed by atoms with Crippen LogP contribution in [0.5, 0.6) is 0 Å². The highest BCUT2D eigenvalue weighted by molar-refractivity contribution is 5.95. The molecular weight excluding hydrogens is 318 g/mol. The maximum atomic E-state index is 12.0. The first kappa shape index (κ1) is 16.7. The summed E-state index contributed by atoms with van der Waals surface area (Å²) in [6.07, 6.45) is 1.44. The molecule has 6 heteroatoms. The number of fused-ring (bicyclic) bond motifs is 1. The fourth-order valence-corrected chi connectivity index (χ4v) is 2.40. The summed E-state index contributed by atoms with van der Waals surface area (Å²) in [6.45, 7) is 2.05. The molecule has 0 atom stereocenters. The van der Waals surface area contributed by atoms with Crippen molar-refractivity contribution in [3.05, 3.63) is 65.5 Å². The monoisotopic (exact) mass is 337 g/mol. The normalized spacial score (nSPS) is 10.6. The second-order valence-electron chi connectivity index (χ2n) is 5.63. The molecule has 3 rings (SSSR count). The maximum absolute atomic E-state index is 12.0. The number of carbonyl (C=O) groups is 2. The van der Waals surface area contributed by atoms with Gasteiger partial charge in [0.05, 0.1) is 0 Å². The van der Waals surface area contributed by atoms with Gasteiger partial charge in [-0.25, -0.2) is 4.98 Å². The molecule has 1 aromatic heterocycles. The fourth-order valence-electron chi connectivity index (χ4n) is 2.40. The number of para-hydroxylation sites is 2. The van der Waals surface area contributed by atoms with E-state index in [-0.39, 0.29) is 18.2 Å². The zero-order valence-corrected chi connectivity index (χ0v) is 13.9. The Balaban J connectivity index is 1.47. The lowest BCUT2D eigenvalue weighted by molar-refractivity contribution is -0.121. The van der Waals surface area contributed by atoms with Crippen LogP contribution in [0.4, 0.5) is 0 Å². The van der Waals surface area contributed by atoms with E-state index in [1.54, 1.807) is 12.1 Å². The number of hydrogen-bond donors (Lipinski definition) is 2. The highest BCUT2D eigenvalue weighted by Crippen LogP contribution is 2.15. The molecule has 0 aliphatic heterocycles. The smallest absolute Gasteiger partial charge is 0.269 e. The Morgan fingerprint density at radius 2 is 1.80 bits per heavy atom. The van der Waals surface area contributed by atoms with E-state index in [0.29, 0.717) is 23.5 Å². The van der Waals surface area contributed by atoms with Crippen LogP contribution >= 0.6 is 0 Å². The molecule has 3 aromatic rings. The third kappa shape index (κ3) is 4.23. The van der Waals surface area contributed by atoms with Crippen LogP contribution in [0.25, 0.3) is 11.1 Å². The van der Waals surface area contributed by atoms with Crippen molar-refractivity contribution in [2.24, 2.45) is 0 Å². The van der Waals surface area contributed by atoms with Crippen LogP contribution in [0, 0.1) is 0 Å². The van der Waals surface area contributed by atoms with Crippen LogP contribution in [0.3, 0.4) is 0 Å². The van der Waals surface area contributed by atoms with Crippen LogP contribution in [0.15, 0.2) is 52.9 Å². The van der Waals surface area contributed by atoms with Crippen molar-refractivity contribution >= 4 is 22.9 Å². The average molecular weight is 337 g/mol. The van der Waals surface area contributed by atoms with E-state index in [9.17, 15) is 9.59 Å². The summed E-state index contributed by atoms with van der Waals surface area (Å²) in [5.74, 6) is -0.156. The van der Waals surface area contributed by atoms with Crippen molar-refractivity contribution in [2.75, 3.05) is 0 Å². The Morgan fingerprint density at radius 3 is 2.52 bits per heavy atom. The summed E-state index contributed by atoms with van der Waals surface area (Å²) in [5.41, 5.74) is 7.93. The minimum Gasteiger partial charge on any atom is -0.441 e. The fraction of sp³-hybridized carbons (Fsp3) is 0.211. The lowest BCUT2D eigenvalue weighted by atomic mass is 10.1. The molecule has 0 saturated carbocycles. The number of rotatable bonds is 5. The van der Waals surface area contributed by atoms with Gasteiger partial charge in [0.2, 0.25) is 5.91 Å². The minimum absolute atomic E-state index is 0.169. The molecule has 0 saturated heterocycles. The molecule has 0 aliphatic rings. The van der Waals surface area contributed by atoms with Crippen molar-refractivity contribution in [2.45, 2.75) is 26.2 Å². The summed E-state index contributed by atoms with van der Waals surface area (Å²) < 4.78 is 5.56. The number of hydrazine groups is 1. The molecule has 1 heterocycles. The Kier molecular flexibility index (Phi) is 5.09. The molecule has 2 amide bonds. The number of hydrogen-bond acceptors (Lipinski definition) is 4. The second-order valence-corrected chi connectivity index (χ2v) is 5.63. The largest absolute Gasteiger partial charge is 0.441 e. The van der Waals surface area contributed by atoms with Gasteiger partial charge < -0.3 is 4.42 Å². The lowest BCUT2D eigenvalue weighted by Crippen LogP contribution is -2.41. The first-order valence-electron chi connectivity index (χ1n) is 8.18. The van der Waals surface area contributed by atoms with E-state index in [2.05, 4.69) is 15.8 Å². The van der Waals surface area contributed by atoms with Crippen molar-refractivity contribution in [3.8, 4) is 0 Å². The third-order valence-corrected chi connectivity index (χ3v) is 3.84. The Morgan fingerprint density at radius 1 is 1.04 bits per heavy atom. The zero-order chi connectivity index (χ0) is 17.6. The molecule has 2 aromatic carbocycles. The first-order valence-corrected chi connectivity index (χ1v) is 8.18. The molecule has 0 bridgehead atoms. The van der Waals surface area contributed by atoms with E-state index in [1.165, 1.54) is 0 Å². The average Bonchev–Trinajstić information content (AvgIpc) is 3.07. The molecule has 0 unspecified atom stereocenters. The van der Waals surface area contributed by atoms with Gasteiger partial charge in [0.15, 0.2) is 11.5 Å². The number of nitrogens with zero attached hydrogens (tertiary/aromatic N) is 1. The predicted octanol–water partition coefficient (Wildman–Crippen LogP) is 2.78. The molecule has 0 fully saturated rings. The summed E-state index contributed by atoms with van der Waals surface area (Å²) in [4.78, 5) is 28.2. The van der Waals surface area contributed by atoms with Crippen molar-refractivity contribution < 1.29 is 14.0 Å². The highest BCUT2D eigenvalue weighted by atomic mass is 16.3. The minimum atomic E-state index is -0.349. The van der Waals surface area contributed by atoms with Crippen molar-refractivity contribution in [1.29, 1.82) is 0 Å². The van der Waals surface area contributed by atoms with Gasteiger partial charge in [-0.3, -0.25) is 20.4 Å². The second kappa shape index (κ2) is 7.61. The Hall–Kier alpha value is -3.15. The molecule has 0 spiro atoms. The number of benzene rings is 2. The Bertz CT molecular complexity index is 851. The maximum Gasteiger partial charge on any atom is 0.269 e. The molecule has 25 heavy (non-hydrogen) atoms. The lowest BCUT2D eigenvalue weighted by Gasteiger charge is -2.07. The summed E-state index contributed by atoms with van der Waals surface area (Å²) >= 11 is 0. The van der Waals surface area contributed by atoms with Crippen molar-refractivity contribution in [1.82, 2.24) is 15.8 Å². The van der Waals surface area contributed by atoms with Gasteiger partial charge in [0.1, 0.15) is 5.52 Å². The first-order chi connectivity index (χ1) is 12.2. The number of carbonyl (C=O) groups excluding carboxylic acids is 2. The molecule has 2 N–H and O–H groups in total. The SMILES string of the molecule is CCc1ccc(C(=O)NNC(=O)CCc2nc3ccccc3o2)cc1. The van der Waals surface area contributed by atoms with Gasteiger partial charge >= 0.3 is 0 Å². The molecule has 128 valence electrons. The van der Waals surface area contributed by atoms with Crippen LogP contribution in [-0.2, 0) is 17.6 Å². The van der Waals surface area contributed by atoms with Gasteiger partial charge in [-0.15, -0.1) is 0 Å². The van der Waals surface area contributed by atoms with Crippen LogP contribution in [0.2, 0.25) is 0 Å². The van der Waals surface area contributed by atoms with Crippen LogP contribution in [0.1, 0.15) is 35.2 Å². The number of aryl methyl sites for hydroxylation is 2. The van der Waals surface area contributed by atoms with E-state index < -0.39 is 0 Å². The molecular formula is C19H19N3O3. The quantitative estimate of drug-likeness (QED) is 0.701. The summed E-state index contributed by atoms with van der Waals surface area (Å²) in [5, 5.41) is 0. The van der Waals surface area contributed by atoms with E-state index in [1.807, 2.05) is 43.3 Å². The molecule has 6 nitrogen and oxygen atoms in total. The van der Waals surface area contributed by atoms with Crippen LogP contribution < -0.4 is 10.9 Å². The summed E-state index contributed by atoms with van der Waals surface area (Å²) in [6, 6.07) is 14.7. The third-order valence-electron chi connectivity index (χ3n) is 3.84. The number of amides is 2. The predicted molar refractivity (Wildman–Crippen MR) is 93.8 cm³/mol. The van der Waals surface area contributed by atoms with E-state index in [4.69, 9.17) is 4.42 Å². The number of oxazole rings is 1. The van der Waals surface area contributed by atoms with E-state index >= 15 is 0 Å². The topological polar surface area (TPSA) is 84.2 Å². The number of aromatic nitrogens is 1. The van der Waals surface area contributed by atoms with Gasteiger partial charge in [-0.2, -0.15) is 0 Å². The zero-order valence-electron chi connectivity index (χ0n) is 13.9. The Labute approximate surface area is 145 Å².